The maximum absolute atomic E-state index is 12.5. The van der Waals surface area contributed by atoms with Gasteiger partial charge < -0.3 is 28.8 Å². The van der Waals surface area contributed by atoms with Crippen LogP contribution in [-0.2, 0) is 23.7 Å². The fourth-order valence-corrected chi connectivity index (χ4v) is 3.34. The summed E-state index contributed by atoms with van der Waals surface area (Å²) in [5, 5.41) is 10.7. The lowest BCUT2D eigenvalue weighted by Gasteiger charge is -2.47. The van der Waals surface area contributed by atoms with Gasteiger partial charge in [0.1, 0.15) is 24.0 Å². The van der Waals surface area contributed by atoms with Gasteiger partial charge in [-0.05, 0) is 12.1 Å². The minimum atomic E-state index is -1.23. The van der Waals surface area contributed by atoms with Crippen LogP contribution in [-0.4, -0.2) is 60.5 Å². The van der Waals surface area contributed by atoms with E-state index in [-0.39, 0.29) is 12.3 Å². The maximum Gasteiger partial charge on any atom is 0.357 e. The zero-order valence-electron chi connectivity index (χ0n) is 15.2. The second-order valence-electron chi connectivity index (χ2n) is 6.53. The van der Waals surface area contributed by atoms with E-state index in [1.54, 1.807) is 12.1 Å². The van der Waals surface area contributed by atoms with Crippen molar-refractivity contribution in [3.8, 4) is 0 Å². The summed E-state index contributed by atoms with van der Waals surface area (Å²) < 4.78 is 28.3. The van der Waals surface area contributed by atoms with Gasteiger partial charge in [-0.25, -0.2) is 9.78 Å². The quantitative estimate of drug-likeness (QED) is 0.788. The first-order valence-electron chi connectivity index (χ1n) is 8.97. The molecule has 0 radical (unpaired) electrons. The van der Waals surface area contributed by atoms with Crippen molar-refractivity contribution in [1.82, 2.24) is 4.98 Å². The molecule has 3 heterocycles. The molecule has 8 nitrogen and oxygen atoms in total. The Morgan fingerprint density at radius 3 is 2.64 bits per heavy atom. The van der Waals surface area contributed by atoms with Crippen LogP contribution in [0.3, 0.4) is 0 Å². The Morgan fingerprint density at radius 1 is 1.14 bits per heavy atom. The first-order valence-corrected chi connectivity index (χ1v) is 8.97. The summed E-state index contributed by atoms with van der Waals surface area (Å²) in [6.07, 6.45) is -3.66. The molecule has 0 bridgehead atoms. The van der Waals surface area contributed by atoms with Crippen molar-refractivity contribution >= 4 is 5.97 Å². The molecule has 2 saturated heterocycles. The third kappa shape index (κ3) is 3.78. The number of aliphatic hydroxyl groups excluding tert-OH is 1. The SMILES string of the molecule is CO[C@H]1O[C@@H]2COC(c3ccccc3)O[C@H]2[C@H](OC(=O)c2ccccn2)[C@H]1O. The number of carbonyl (C=O) groups is 1. The Balaban J connectivity index is 1.56. The van der Waals surface area contributed by atoms with E-state index in [0.29, 0.717) is 0 Å². The minimum Gasteiger partial charge on any atom is -0.452 e. The number of aliphatic hydroxyl groups is 1. The van der Waals surface area contributed by atoms with E-state index in [1.807, 2.05) is 30.3 Å². The Kier molecular flexibility index (Phi) is 5.65. The van der Waals surface area contributed by atoms with Crippen LogP contribution in [0.15, 0.2) is 54.7 Å². The molecular weight excluding hydrogens is 366 g/mol. The highest BCUT2D eigenvalue weighted by Gasteiger charge is 2.51. The van der Waals surface area contributed by atoms with Gasteiger partial charge in [-0.3, -0.25) is 0 Å². The van der Waals surface area contributed by atoms with E-state index in [9.17, 15) is 9.90 Å². The van der Waals surface area contributed by atoms with Crippen molar-refractivity contribution in [2.45, 2.75) is 37.0 Å². The molecule has 2 aliphatic rings. The van der Waals surface area contributed by atoms with Crippen LogP contribution in [0.1, 0.15) is 22.3 Å². The molecule has 2 fully saturated rings. The monoisotopic (exact) mass is 387 g/mol. The van der Waals surface area contributed by atoms with E-state index < -0.39 is 43.0 Å². The van der Waals surface area contributed by atoms with Gasteiger partial charge in [-0.1, -0.05) is 36.4 Å². The van der Waals surface area contributed by atoms with Crippen LogP contribution >= 0.6 is 0 Å². The zero-order chi connectivity index (χ0) is 19.5. The lowest BCUT2D eigenvalue weighted by Crippen LogP contribution is -2.63. The highest BCUT2D eigenvalue weighted by Crippen LogP contribution is 2.35. The van der Waals surface area contributed by atoms with E-state index >= 15 is 0 Å². The van der Waals surface area contributed by atoms with E-state index in [0.717, 1.165) is 5.56 Å². The van der Waals surface area contributed by atoms with Gasteiger partial charge in [0.05, 0.1) is 6.61 Å². The summed E-state index contributed by atoms with van der Waals surface area (Å²) in [6.45, 7) is 0.203. The van der Waals surface area contributed by atoms with Crippen LogP contribution in [0, 0.1) is 0 Å². The summed E-state index contributed by atoms with van der Waals surface area (Å²) in [7, 11) is 1.41. The third-order valence-corrected chi connectivity index (χ3v) is 4.73. The van der Waals surface area contributed by atoms with Crippen LogP contribution in [0.5, 0.6) is 0 Å². The first kappa shape index (κ1) is 19.0. The molecule has 8 heteroatoms. The second kappa shape index (κ2) is 8.34. The molecular formula is C20H21NO7. The fourth-order valence-electron chi connectivity index (χ4n) is 3.34. The van der Waals surface area contributed by atoms with E-state index in [2.05, 4.69) is 4.98 Å². The number of nitrogens with zero attached hydrogens (tertiary/aromatic N) is 1. The number of ether oxygens (including phenoxy) is 5. The van der Waals surface area contributed by atoms with E-state index in [1.165, 1.54) is 19.4 Å². The number of fused-ring (bicyclic) bond motifs is 1. The van der Waals surface area contributed by atoms with Gasteiger partial charge in [0, 0.05) is 18.9 Å². The molecule has 1 N–H and O–H groups in total. The molecule has 1 aromatic heterocycles. The maximum atomic E-state index is 12.5. The summed E-state index contributed by atoms with van der Waals surface area (Å²) in [4.78, 5) is 16.5. The predicted molar refractivity (Wildman–Crippen MR) is 95.1 cm³/mol. The molecule has 148 valence electrons. The average Bonchev–Trinajstić information content (AvgIpc) is 2.76. The van der Waals surface area contributed by atoms with Crippen LogP contribution in [0.25, 0.3) is 0 Å². The fraction of sp³-hybridized carbons (Fsp3) is 0.400. The number of benzene rings is 1. The number of aromatic nitrogens is 1. The summed E-state index contributed by atoms with van der Waals surface area (Å²) in [5.41, 5.74) is 0.956. The van der Waals surface area contributed by atoms with E-state index in [4.69, 9.17) is 23.7 Å². The molecule has 0 spiro atoms. The van der Waals surface area contributed by atoms with Crippen molar-refractivity contribution in [2.75, 3.05) is 13.7 Å². The van der Waals surface area contributed by atoms with Gasteiger partial charge in [-0.2, -0.15) is 0 Å². The number of rotatable bonds is 4. The minimum absolute atomic E-state index is 0.137. The summed E-state index contributed by atoms with van der Waals surface area (Å²) >= 11 is 0. The largest absolute Gasteiger partial charge is 0.452 e. The molecule has 1 unspecified atom stereocenters. The first-order chi connectivity index (χ1) is 13.7. The molecule has 0 saturated carbocycles. The smallest absolute Gasteiger partial charge is 0.357 e. The average molecular weight is 387 g/mol. The van der Waals surface area contributed by atoms with Crippen LogP contribution in [0.4, 0.5) is 0 Å². The predicted octanol–water partition coefficient (Wildman–Crippen LogP) is 1.45. The number of hydrogen-bond donors (Lipinski definition) is 1. The molecule has 2 aliphatic heterocycles. The molecule has 0 amide bonds. The summed E-state index contributed by atoms with van der Waals surface area (Å²) in [5.74, 6) is -0.661. The van der Waals surface area contributed by atoms with Gasteiger partial charge in [-0.15, -0.1) is 0 Å². The normalized spacial score (nSPS) is 32.4. The highest BCUT2D eigenvalue weighted by molar-refractivity contribution is 5.87. The molecule has 28 heavy (non-hydrogen) atoms. The lowest BCUT2D eigenvalue weighted by atomic mass is 9.97. The topological polar surface area (TPSA) is 96.3 Å². The van der Waals surface area contributed by atoms with Crippen molar-refractivity contribution in [2.24, 2.45) is 0 Å². The number of esters is 1. The Bertz CT molecular complexity index is 788. The zero-order valence-corrected chi connectivity index (χ0v) is 15.2. The van der Waals surface area contributed by atoms with Gasteiger partial charge in [0.2, 0.25) is 0 Å². The van der Waals surface area contributed by atoms with Crippen molar-refractivity contribution in [1.29, 1.82) is 0 Å². The molecule has 4 rings (SSSR count). The summed E-state index contributed by atoms with van der Waals surface area (Å²) in [6, 6.07) is 14.3. The highest BCUT2D eigenvalue weighted by atomic mass is 16.8. The third-order valence-electron chi connectivity index (χ3n) is 4.73. The second-order valence-corrected chi connectivity index (χ2v) is 6.53. The van der Waals surface area contributed by atoms with Gasteiger partial charge in [0.15, 0.2) is 18.7 Å². The van der Waals surface area contributed by atoms with Crippen molar-refractivity contribution in [3.63, 3.8) is 0 Å². The van der Waals surface area contributed by atoms with Crippen LogP contribution < -0.4 is 0 Å². The molecule has 6 atom stereocenters. The van der Waals surface area contributed by atoms with Crippen molar-refractivity contribution < 1.29 is 33.6 Å². The van der Waals surface area contributed by atoms with Gasteiger partial charge >= 0.3 is 5.97 Å². The molecule has 2 aromatic rings. The number of carbonyl (C=O) groups excluding carboxylic acids is 1. The lowest BCUT2D eigenvalue weighted by molar-refractivity contribution is -0.357. The Labute approximate surface area is 162 Å². The van der Waals surface area contributed by atoms with Crippen LogP contribution in [0.2, 0.25) is 0 Å². The number of pyridine rings is 1. The number of methoxy groups -OCH3 is 1. The molecule has 1 aromatic carbocycles. The Hall–Kier alpha value is -2.36. The Morgan fingerprint density at radius 2 is 1.93 bits per heavy atom. The molecule has 0 aliphatic carbocycles. The number of hydrogen-bond acceptors (Lipinski definition) is 8. The standard InChI is InChI=1S/C20H21NO7/c1-24-20-15(22)17(27-18(23)13-9-5-6-10-21-13)16-14(26-20)11-25-19(28-16)12-7-3-2-4-8-12/h2-10,14-17,19-20,22H,11H2,1H3/t14-,15-,16-,17-,19?,20+/m1/s1. The van der Waals surface area contributed by atoms with Gasteiger partial charge in [0.25, 0.3) is 0 Å². The van der Waals surface area contributed by atoms with Crippen molar-refractivity contribution in [3.05, 3.63) is 66.0 Å².